The van der Waals surface area contributed by atoms with Crippen LogP contribution in [0.25, 0.3) is 0 Å². The van der Waals surface area contributed by atoms with E-state index in [4.69, 9.17) is 10.5 Å². The number of pyridine rings is 1. The highest BCUT2D eigenvalue weighted by Gasteiger charge is 2.67. The number of sulfonamides is 2. The number of guanidine groups is 1. The summed E-state index contributed by atoms with van der Waals surface area (Å²) in [6.45, 7) is 1.30. The molecule has 5 rings (SSSR count). The number of ketones is 1. The minimum atomic E-state index is -4.37. The van der Waals surface area contributed by atoms with Gasteiger partial charge in [0.05, 0.1) is 18.1 Å². The number of benzene rings is 1. The molecule has 0 aliphatic carbocycles. The van der Waals surface area contributed by atoms with E-state index >= 15 is 4.39 Å². The predicted molar refractivity (Wildman–Crippen MR) is 146 cm³/mol. The van der Waals surface area contributed by atoms with Crippen LogP contribution in [0.4, 0.5) is 8.78 Å². The number of nitrogens with zero attached hydrogens (tertiary/aromatic N) is 4. The summed E-state index contributed by atoms with van der Waals surface area (Å²) in [7, 11) is -7.07. The van der Waals surface area contributed by atoms with Gasteiger partial charge in [-0.2, -0.15) is 0 Å². The first kappa shape index (κ1) is 29.5. The fourth-order valence-electron chi connectivity index (χ4n) is 5.93. The van der Waals surface area contributed by atoms with Crippen LogP contribution >= 0.6 is 0 Å². The SMILES string of the molecule is CN1C(N)=N[C@](C)(c2cc(CC(=O)c3ccc(F)cn3)ccc2F)[C@@]2(CCN(S(=O)(=O)CC3CCCO3)C2)S1(=O)=O. The second-order valence-corrected chi connectivity index (χ2v) is 15.1. The molecule has 1 spiro atoms. The van der Waals surface area contributed by atoms with E-state index in [-0.39, 0.29) is 42.4 Å². The fourth-order valence-corrected chi connectivity index (χ4v) is 9.87. The summed E-state index contributed by atoms with van der Waals surface area (Å²) >= 11 is 0. The van der Waals surface area contributed by atoms with Gasteiger partial charge in [0, 0.05) is 38.7 Å². The van der Waals surface area contributed by atoms with Gasteiger partial charge >= 0.3 is 0 Å². The smallest absolute Gasteiger partial charge is 0.247 e. The lowest BCUT2D eigenvalue weighted by Crippen LogP contribution is -2.66. The number of carbonyl (C=O) groups is 1. The highest BCUT2D eigenvalue weighted by molar-refractivity contribution is 7.91. The zero-order chi connectivity index (χ0) is 29.8. The fraction of sp³-hybridized carbons (Fsp3) is 0.500. The van der Waals surface area contributed by atoms with Crippen LogP contribution < -0.4 is 5.73 Å². The minimum absolute atomic E-state index is 0.00646. The molecule has 2 N–H and O–H groups in total. The highest BCUT2D eigenvalue weighted by Crippen LogP contribution is 2.52. The molecule has 3 atom stereocenters. The van der Waals surface area contributed by atoms with Crippen molar-refractivity contribution in [2.45, 2.75) is 49.0 Å². The average molecular weight is 612 g/mol. The summed E-state index contributed by atoms with van der Waals surface area (Å²) in [4.78, 5) is 21.1. The van der Waals surface area contributed by atoms with E-state index in [0.717, 1.165) is 33.4 Å². The molecule has 0 bridgehead atoms. The second-order valence-electron chi connectivity index (χ2n) is 10.8. The third-order valence-corrected chi connectivity index (χ3v) is 12.9. The van der Waals surface area contributed by atoms with Gasteiger partial charge in [-0.05, 0) is 56.0 Å². The lowest BCUT2D eigenvalue weighted by molar-refractivity contribution is 0.0988. The maximum Gasteiger partial charge on any atom is 0.247 e. The first-order valence-corrected chi connectivity index (χ1v) is 16.1. The Bertz CT molecular complexity index is 1610. The van der Waals surface area contributed by atoms with Crippen molar-refractivity contribution < 1.29 is 35.1 Å². The number of rotatable bonds is 7. The Labute approximate surface area is 237 Å². The number of nitrogens with two attached hydrogens (primary N) is 1. The molecule has 0 amide bonds. The Morgan fingerprint density at radius 3 is 2.66 bits per heavy atom. The Balaban J connectivity index is 1.55. The van der Waals surface area contributed by atoms with Gasteiger partial charge < -0.3 is 10.5 Å². The summed E-state index contributed by atoms with van der Waals surface area (Å²) < 4.78 is 89.2. The van der Waals surface area contributed by atoms with Crippen LogP contribution in [-0.4, -0.2) is 85.5 Å². The number of halogens is 2. The molecule has 11 nitrogen and oxygen atoms in total. The molecule has 1 aromatic carbocycles. The molecular formula is C26H31F2N5O6S2. The number of aliphatic imine (C=N–C) groups is 1. The molecule has 41 heavy (non-hydrogen) atoms. The summed E-state index contributed by atoms with van der Waals surface area (Å²) in [6.07, 6.45) is 1.35. The number of Topliss-reactive ketones (excluding diaryl/α,β-unsaturated/α-hetero) is 1. The van der Waals surface area contributed by atoms with Crippen LogP contribution in [-0.2, 0) is 36.7 Å². The Morgan fingerprint density at radius 1 is 1.24 bits per heavy atom. The molecule has 3 aliphatic heterocycles. The van der Waals surface area contributed by atoms with Gasteiger partial charge in [-0.3, -0.25) is 9.78 Å². The van der Waals surface area contributed by atoms with Crippen molar-refractivity contribution in [1.82, 2.24) is 13.6 Å². The van der Waals surface area contributed by atoms with E-state index in [9.17, 15) is 26.0 Å². The third kappa shape index (κ3) is 4.91. The van der Waals surface area contributed by atoms with Gasteiger partial charge in [-0.1, -0.05) is 6.07 Å². The topological polar surface area (TPSA) is 152 Å². The quantitative estimate of drug-likeness (QED) is 0.463. The third-order valence-electron chi connectivity index (χ3n) is 8.35. The largest absolute Gasteiger partial charge is 0.377 e. The standard InChI is InChI=1S/C26H31F2N5O6S2/c1-25(20-12-17(5-7-21(20)28)13-23(34)22-8-6-18(27)14-30-22)26(41(37,38)32(2)24(29)31-25)9-10-33(16-26)40(35,36)15-19-4-3-11-39-19/h5-8,12,14,19H,3-4,9-11,13,15-16H2,1-2H3,(H2,29,31)/t19?,25-,26+/m1/s1. The summed E-state index contributed by atoms with van der Waals surface area (Å²) in [6, 6.07) is 6.16. The average Bonchev–Trinajstić information content (AvgIpc) is 3.60. The molecule has 1 unspecified atom stereocenters. The first-order valence-electron chi connectivity index (χ1n) is 13.1. The van der Waals surface area contributed by atoms with E-state index in [0.29, 0.717) is 18.6 Å². The van der Waals surface area contributed by atoms with Crippen LogP contribution in [0.3, 0.4) is 0 Å². The Morgan fingerprint density at radius 2 is 2.00 bits per heavy atom. The van der Waals surface area contributed by atoms with Crippen LogP contribution in [0.1, 0.15) is 47.8 Å². The lowest BCUT2D eigenvalue weighted by Gasteiger charge is -2.48. The predicted octanol–water partition coefficient (Wildman–Crippen LogP) is 1.54. The zero-order valence-corrected chi connectivity index (χ0v) is 24.2. The normalized spacial score (nSPS) is 28.2. The summed E-state index contributed by atoms with van der Waals surface area (Å²) in [5.74, 6) is -2.53. The molecular weight excluding hydrogens is 580 g/mol. The molecule has 2 aromatic rings. The van der Waals surface area contributed by atoms with E-state index in [1.807, 2.05) is 0 Å². The number of carbonyl (C=O) groups excluding carboxylic acids is 1. The van der Waals surface area contributed by atoms with Crippen molar-refractivity contribution in [2.75, 3.05) is 32.5 Å². The van der Waals surface area contributed by atoms with E-state index in [2.05, 4.69) is 9.98 Å². The van der Waals surface area contributed by atoms with Gasteiger partial charge in [0.15, 0.2) is 5.78 Å². The number of hydrogen-bond acceptors (Lipinski definition) is 9. The van der Waals surface area contributed by atoms with Crippen LogP contribution in [0, 0.1) is 11.6 Å². The van der Waals surface area contributed by atoms with E-state index in [1.165, 1.54) is 32.2 Å². The van der Waals surface area contributed by atoms with Gasteiger partial charge in [-0.25, -0.2) is 39.2 Å². The number of ether oxygens (including phenoxy) is 1. The summed E-state index contributed by atoms with van der Waals surface area (Å²) in [5.41, 5.74) is 4.38. The van der Waals surface area contributed by atoms with Crippen molar-refractivity contribution in [3.05, 3.63) is 65.0 Å². The molecule has 2 saturated heterocycles. The molecule has 2 fully saturated rings. The molecule has 0 radical (unpaired) electrons. The van der Waals surface area contributed by atoms with Gasteiger partial charge in [0.1, 0.15) is 27.6 Å². The van der Waals surface area contributed by atoms with Crippen LogP contribution in [0.5, 0.6) is 0 Å². The lowest BCUT2D eigenvalue weighted by atomic mass is 9.77. The minimum Gasteiger partial charge on any atom is -0.377 e. The van der Waals surface area contributed by atoms with Crippen molar-refractivity contribution in [2.24, 2.45) is 10.7 Å². The monoisotopic (exact) mass is 611 g/mol. The molecule has 15 heteroatoms. The number of hydrogen-bond donors (Lipinski definition) is 1. The number of aromatic nitrogens is 1. The maximum absolute atomic E-state index is 15.6. The van der Waals surface area contributed by atoms with Crippen molar-refractivity contribution in [1.29, 1.82) is 0 Å². The Kier molecular flexibility index (Phi) is 7.45. The highest BCUT2D eigenvalue weighted by atomic mass is 32.2. The van der Waals surface area contributed by atoms with Crippen LogP contribution in [0.2, 0.25) is 0 Å². The molecule has 4 heterocycles. The van der Waals surface area contributed by atoms with Crippen molar-refractivity contribution in [3.63, 3.8) is 0 Å². The van der Waals surface area contributed by atoms with Crippen LogP contribution in [0.15, 0.2) is 41.5 Å². The van der Waals surface area contributed by atoms with Gasteiger partial charge in [0.25, 0.3) is 0 Å². The van der Waals surface area contributed by atoms with Gasteiger partial charge in [-0.15, -0.1) is 0 Å². The van der Waals surface area contributed by atoms with Crippen molar-refractivity contribution >= 4 is 31.8 Å². The molecule has 1 aromatic heterocycles. The first-order chi connectivity index (χ1) is 19.2. The second kappa shape index (κ2) is 10.4. The van der Waals surface area contributed by atoms with Gasteiger partial charge in [0.2, 0.25) is 26.0 Å². The summed E-state index contributed by atoms with van der Waals surface area (Å²) in [5, 5.41) is 0. The molecule has 0 saturated carbocycles. The molecule has 3 aliphatic rings. The van der Waals surface area contributed by atoms with E-state index in [1.54, 1.807) is 0 Å². The van der Waals surface area contributed by atoms with Crippen molar-refractivity contribution in [3.8, 4) is 0 Å². The Hall–Kier alpha value is -3.01. The molecule has 222 valence electrons. The maximum atomic E-state index is 15.6. The van der Waals surface area contributed by atoms with E-state index < -0.39 is 60.4 Å². The zero-order valence-electron chi connectivity index (χ0n) is 22.6.